The summed E-state index contributed by atoms with van der Waals surface area (Å²) in [5.41, 5.74) is 2.21. The van der Waals surface area contributed by atoms with Crippen LogP contribution in [0.4, 0.5) is 5.69 Å². The number of aromatic nitrogens is 3. The van der Waals surface area contributed by atoms with Gasteiger partial charge in [0.1, 0.15) is 11.5 Å². The number of benzene rings is 2. The van der Waals surface area contributed by atoms with E-state index in [4.69, 9.17) is 25.8 Å². The van der Waals surface area contributed by atoms with Crippen molar-refractivity contribution in [2.45, 2.75) is 25.2 Å². The van der Waals surface area contributed by atoms with Crippen LogP contribution in [0.3, 0.4) is 0 Å². The third kappa shape index (κ3) is 4.05. The molecule has 32 heavy (non-hydrogen) atoms. The molecule has 1 aliphatic rings. The number of amides is 1. The Hall–Kier alpha value is -3.04. The molecule has 166 valence electrons. The molecule has 0 fully saturated rings. The summed E-state index contributed by atoms with van der Waals surface area (Å²) in [6.07, 6.45) is -0.870. The lowest BCUT2D eigenvalue weighted by atomic mass is 10.1. The molecule has 1 aliphatic heterocycles. The largest absolute Gasteiger partial charge is 0.497 e. The molecule has 4 rings (SSSR count). The normalized spacial score (nSPS) is 14.7. The van der Waals surface area contributed by atoms with E-state index >= 15 is 0 Å². The summed E-state index contributed by atoms with van der Waals surface area (Å²) >= 11 is 7.73. The van der Waals surface area contributed by atoms with E-state index < -0.39 is 6.23 Å². The minimum atomic E-state index is -0.870. The molecule has 0 N–H and O–H groups in total. The predicted octanol–water partition coefficient (Wildman–Crippen LogP) is 4.77. The number of anilines is 1. The van der Waals surface area contributed by atoms with Gasteiger partial charge in [0.05, 0.1) is 25.5 Å². The van der Waals surface area contributed by atoms with Crippen LogP contribution >= 0.6 is 23.4 Å². The maximum absolute atomic E-state index is 12.9. The van der Waals surface area contributed by atoms with Crippen molar-refractivity contribution < 1.29 is 19.0 Å². The third-order valence-electron chi connectivity index (χ3n) is 4.89. The molecule has 1 aromatic heterocycles. The monoisotopic (exact) mass is 472 g/mol. The Labute approximate surface area is 194 Å². The van der Waals surface area contributed by atoms with Crippen molar-refractivity contribution in [1.29, 1.82) is 0 Å². The lowest BCUT2D eigenvalue weighted by Gasteiger charge is -2.30. The zero-order valence-corrected chi connectivity index (χ0v) is 19.5. The summed E-state index contributed by atoms with van der Waals surface area (Å²) in [4.78, 5) is 19.0. The molecule has 10 heteroatoms. The Morgan fingerprint density at radius 1 is 1.19 bits per heavy atom. The van der Waals surface area contributed by atoms with Crippen molar-refractivity contribution in [3.05, 3.63) is 47.0 Å². The van der Waals surface area contributed by atoms with Crippen molar-refractivity contribution >= 4 is 35.0 Å². The fourth-order valence-corrected chi connectivity index (χ4v) is 4.17. The van der Waals surface area contributed by atoms with Crippen molar-refractivity contribution in [1.82, 2.24) is 15.2 Å². The first-order valence-corrected chi connectivity index (χ1v) is 11.2. The van der Waals surface area contributed by atoms with E-state index in [1.54, 1.807) is 50.6 Å². The molecule has 1 amide bonds. The molecule has 0 radical (unpaired) electrons. The van der Waals surface area contributed by atoms with Gasteiger partial charge in [0.15, 0.2) is 5.69 Å². The number of carbonyl (C=O) groups excluding carboxylic acids is 1. The lowest BCUT2D eigenvalue weighted by molar-refractivity contribution is -0.118. The molecule has 0 saturated carbocycles. The number of hydrogen-bond acceptors (Lipinski definition) is 8. The number of nitrogens with zero attached hydrogens (tertiary/aromatic N) is 4. The minimum Gasteiger partial charge on any atom is -0.497 e. The first kappa shape index (κ1) is 22.2. The van der Waals surface area contributed by atoms with E-state index in [0.717, 1.165) is 5.75 Å². The Morgan fingerprint density at radius 2 is 2.00 bits per heavy atom. The Kier molecular flexibility index (Phi) is 6.38. The summed E-state index contributed by atoms with van der Waals surface area (Å²) in [7, 11) is 3.12. The van der Waals surface area contributed by atoms with Crippen LogP contribution < -0.4 is 19.1 Å². The van der Waals surface area contributed by atoms with Crippen LogP contribution in [0.5, 0.6) is 17.4 Å². The van der Waals surface area contributed by atoms with Gasteiger partial charge < -0.3 is 14.2 Å². The molecular weight excluding hydrogens is 452 g/mol. The number of thioether (sulfide) groups is 1. The number of halogens is 1. The van der Waals surface area contributed by atoms with Gasteiger partial charge in [-0.1, -0.05) is 30.3 Å². The molecular formula is C22H21ClN4O4S. The van der Waals surface area contributed by atoms with E-state index in [0.29, 0.717) is 44.2 Å². The van der Waals surface area contributed by atoms with Gasteiger partial charge in [-0.3, -0.25) is 9.69 Å². The van der Waals surface area contributed by atoms with Crippen molar-refractivity contribution in [2.24, 2.45) is 0 Å². The first-order chi connectivity index (χ1) is 15.5. The second-order valence-corrected chi connectivity index (χ2v) is 8.48. The second kappa shape index (κ2) is 9.22. The van der Waals surface area contributed by atoms with Gasteiger partial charge in [-0.2, -0.15) is 4.98 Å². The Balaban J connectivity index is 1.98. The average Bonchev–Trinajstić information content (AvgIpc) is 2.92. The molecule has 0 aliphatic carbocycles. The van der Waals surface area contributed by atoms with E-state index in [1.807, 2.05) is 6.92 Å². The summed E-state index contributed by atoms with van der Waals surface area (Å²) in [5, 5.41) is 9.55. The topological polar surface area (TPSA) is 86.7 Å². The highest BCUT2D eigenvalue weighted by Crippen LogP contribution is 2.46. The summed E-state index contributed by atoms with van der Waals surface area (Å²) in [6, 6.07) is 10.5. The fraction of sp³-hybridized carbons (Fsp3) is 0.273. The van der Waals surface area contributed by atoms with Crippen LogP contribution in [0, 0.1) is 0 Å². The number of fused-ring (bicyclic) bond motifs is 3. The van der Waals surface area contributed by atoms with Crippen LogP contribution in [0.15, 0.2) is 41.6 Å². The van der Waals surface area contributed by atoms with Crippen molar-refractivity contribution in [3.63, 3.8) is 0 Å². The molecule has 8 nitrogen and oxygen atoms in total. The maximum atomic E-state index is 12.9. The first-order valence-electron chi connectivity index (χ1n) is 9.82. The summed E-state index contributed by atoms with van der Waals surface area (Å²) in [6.45, 7) is 3.47. The van der Waals surface area contributed by atoms with Crippen LogP contribution in [0.1, 0.15) is 25.6 Å². The maximum Gasteiger partial charge on any atom is 0.247 e. The van der Waals surface area contributed by atoms with Gasteiger partial charge in [-0.15, -0.1) is 10.2 Å². The van der Waals surface area contributed by atoms with Crippen LogP contribution in [0.25, 0.3) is 11.3 Å². The van der Waals surface area contributed by atoms with Crippen LogP contribution in [0.2, 0.25) is 5.02 Å². The summed E-state index contributed by atoms with van der Waals surface area (Å²) in [5.74, 6) is 1.92. The number of hydrogen-bond donors (Lipinski definition) is 0. The molecule has 0 saturated heterocycles. The number of ether oxygens (including phenoxy) is 3. The highest BCUT2D eigenvalue weighted by molar-refractivity contribution is 7.99. The number of methoxy groups -OCH3 is 2. The standard InChI is InChI=1S/C22H21ClN4O4S/c1-5-32-22-24-20-19(25-26-22)16-10-13(23)6-9-17(16)27(12(2)28)21(31-20)15-8-7-14(29-3)11-18(15)30-4/h6-11,21H,5H2,1-4H3/t21-/m0/s1. The average molecular weight is 473 g/mol. The fourth-order valence-electron chi connectivity index (χ4n) is 3.49. The lowest BCUT2D eigenvalue weighted by Crippen LogP contribution is -2.36. The zero-order valence-electron chi connectivity index (χ0n) is 18.0. The molecule has 0 unspecified atom stereocenters. The SMILES string of the molecule is CCSc1nnc2c(n1)O[C@@H](c1ccc(OC)cc1OC)N(C(C)=O)c1ccc(Cl)cc1-2. The summed E-state index contributed by atoms with van der Waals surface area (Å²) < 4.78 is 17.3. The smallest absolute Gasteiger partial charge is 0.247 e. The van der Waals surface area contributed by atoms with Gasteiger partial charge in [0.25, 0.3) is 0 Å². The van der Waals surface area contributed by atoms with Gasteiger partial charge in [0, 0.05) is 23.6 Å². The highest BCUT2D eigenvalue weighted by Gasteiger charge is 2.36. The van der Waals surface area contributed by atoms with Gasteiger partial charge in [0.2, 0.25) is 23.2 Å². The molecule has 1 atom stereocenters. The minimum absolute atomic E-state index is 0.236. The van der Waals surface area contributed by atoms with E-state index in [2.05, 4.69) is 15.2 Å². The van der Waals surface area contributed by atoms with E-state index in [1.165, 1.54) is 23.6 Å². The number of rotatable bonds is 5. The molecule has 2 aromatic carbocycles. The van der Waals surface area contributed by atoms with E-state index in [-0.39, 0.29) is 11.8 Å². The molecule has 0 bridgehead atoms. The highest BCUT2D eigenvalue weighted by atomic mass is 35.5. The zero-order chi connectivity index (χ0) is 22.8. The third-order valence-corrected chi connectivity index (χ3v) is 5.84. The Morgan fingerprint density at radius 3 is 2.69 bits per heavy atom. The van der Waals surface area contributed by atoms with Crippen LogP contribution in [-0.4, -0.2) is 41.1 Å². The number of carbonyl (C=O) groups is 1. The van der Waals surface area contributed by atoms with Crippen molar-refractivity contribution in [3.8, 4) is 28.6 Å². The molecule has 3 aromatic rings. The quantitative estimate of drug-likeness (QED) is 0.491. The second-order valence-electron chi connectivity index (χ2n) is 6.81. The Bertz CT molecular complexity index is 1180. The van der Waals surface area contributed by atoms with Gasteiger partial charge >= 0.3 is 0 Å². The molecule has 2 heterocycles. The van der Waals surface area contributed by atoms with E-state index in [9.17, 15) is 4.79 Å². The van der Waals surface area contributed by atoms with Crippen molar-refractivity contribution in [2.75, 3.05) is 24.9 Å². The molecule has 0 spiro atoms. The predicted molar refractivity (Wildman–Crippen MR) is 123 cm³/mol. The van der Waals surface area contributed by atoms with Crippen LogP contribution in [-0.2, 0) is 4.79 Å². The van der Waals surface area contributed by atoms with Gasteiger partial charge in [-0.25, -0.2) is 0 Å². The van der Waals surface area contributed by atoms with Gasteiger partial charge in [-0.05, 0) is 36.1 Å².